The van der Waals surface area contributed by atoms with E-state index in [1.807, 2.05) is 0 Å². The number of aromatic nitrogens is 1. The topological polar surface area (TPSA) is 156 Å². The van der Waals surface area contributed by atoms with E-state index >= 15 is 0 Å². The van der Waals surface area contributed by atoms with Gasteiger partial charge in [-0.15, -0.1) is 0 Å². The Balaban J connectivity index is 2.62. The van der Waals surface area contributed by atoms with Crippen LogP contribution in [0.4, 0.5) is 0 Å². The molecule has 11 heteroatoms. The fraction of sp³-hybridized carbons (Fsp3) is 0.524. The number of amides is 4. The molecule has 176 valence electrons. The maximum atomic E-state index is 12.6. The minimum absolute atomic E-state index is 0.253. The van der Waals surface area contributed by atoms with Gasteiger partial charge in [-0.2, -0.15) is 0 Å². The number of carbonyl (C=O) groups excluding carboxylic acids is 5. The second kappa shape index (κ2) is 13.7. The van der Waals surface area contributed by atoms with Crippen LogP contribution in [0.3, 0.4) is 0 Å². The van der Waals surface area contributed by atoms with Gasteiger partial charge in [-0.1, -0.05) is 0 Å². The zero-order valence-electron chi connectivity index (χ0n) is 18.8. The highest BCUT2D eigenvalue weighted by Gasteiger charge is 2.26. The lowest BCUT2D eigenvalue weighted by Crippen LogP contribution is -2.54. The molecule has 0 aromatic carbocycles. The van der Waals surface area contributed by atoms with E-state index in [2.05, 4.69) is 31.0 Å². The van der Waals surface area contributed by atoms with Gasteiger partial charge in [0.2, 0.25) is 17.7 Å². The molecule has 1 aromatic rings. The van der Waals surface area contributed by atoms with Crippen LogP contribution in [0, 0.1) is 0 Å². The summed E-state index contributed by atoms with van der Waals surface area (Å²) in [7, 11) is 1.21. The third-order valence-corrected chi connectivity index (χ3v) is 4.49. The van der Waals surface area contributed by atoms with Crippen LogP contribution in [0.2, 0.25) is 0 Å². The number of rotatable bonds is 12. The summed E-state index contributed by atoms with van der Waals surface area (Å²) in [6.45, 7) is 4.62. The summed E-state index contributed by atoms with van der Waals surface area (Å²) < 4.78 is 4.59. The van der Waals surface area contributed by atoms with Crippen molar-refractivity contribution in [2.24, 2.45) is 0 Å². The van der Waals surface area contributed by atoms with E-state index in [0.717, 1.165) is 0 Å². The molecule has 0 aliphatic heterocycles. The molecular formula is C21H31N5O6. The number of hydrogen-bond acceptors (Lipinski definition) is 7. The standard InChI is InChI=1S/C21H31N5O6/c1-13(24-15(3)27)18(28)26-17(20(30)25-14(2)21(31)32-4)9-5-6-11-23-19(29)16-8-7-10-22-12-16/h7-8,10,12-14,17H,5-6,9,11H2,1-4H3,(H,23,29)(H,24,27)(H,25,30)(H,26,28)/t13-,14-,17-/m0/s1. The Morgan fingerprint density at radius 2 is 1.72 bits per heavy atom. The number of methoxy groups -OCH3 is 1. The second-order valence-corrected chi connectivity index (χ2v) is 7.23. The van der Waals surface area contributed by atoms with E-state index in [4.69, 9.17) is 0 Å². The van der Waals surface area contributed by atoms with Gasteiger partial charge in [0.25, 0.3) is 5.91 Å². The molecule has 0 bridgehead atoms. The van der Waals surface area contributed by atoms with Gasteiger partial charge in [0, 0.05) is 25.9 Å². The van der Waals surface area contributed by atoms with Gasteiger partial charge in [0.1, 0.15) is 18.1 Å². The zero-order chi connectivity index (χ0) is 24.1. The number of pyridine rings is 1. The summed E-state index contributed by atoms with van der Waals surface area (Å²) >= 11 is 0. The van der Waals surface area contributed by atoms with Crippen molar-refractivity contribution in [1.29, 1.82) is 0 Å². The van der Waals surface area contributed by atoms with Crippen molar-refractivity contribution in [1.82, 2.24) is 26.3 Å². The minimum Gasteiger partial charge on any atom is -0.467 e. The highest BCUT2D eigenvalue weighted by atomic mass is 16.5. The number of ether oxygens (including phenoxy) is 1. The van der Waals surface area contributed by atoms with Crippen LogP contribution in [-0.4, -0.2) is 66.4 Å². The molecule has 1 aromatic heterocycles. The molecule has 1 rings (SSSR count). The van der Waals surface area contributed by atoms with Crippen molar-refractivity contribution in [3.8, 4) is 0 Å². The van der Waals surface area contributed by atoms with E-state index in [1.54, 1.807) is 18.3 Å². The first-order valence-corrected chi connectivity index (χ1v) is 10.3. The van der Waals surface area contributed by atoms with Crippen LogP contribution in [-0.2, 0) is 23.9 Å². The van der Waals surface area contributed by atoms with Gasteiger partial charge in [-0.25, -0.2) is 4.79 Å². The molecule has 0 aliphatic rings. The van der Waals surface area contributed by atoms with Crippen molar-refractivity contribution >= 4 is 29.6 Å². The Labute approximate surface area is 187 Å². The summed E-state index contributed by atoms with van der Waals surface area (Å²) in [5.41, 5.74) is 0.445. The highest BCUT2D eigenvalue weighted by Crippen LogP contribution is 2.04. The third kappa shape index (κ3) is 9.54. The number of hydrogen-bond donors (Lipinski definition) is 4. The first kappa shape index (κ1) is 26.5. The molecule has 3 atom stereocenters. The number of nitrogens with one attached hydrogen (secondary N) is 4. The molecule has 0 fully saturated rings. The first-order chi connectivity index (χ1) is 15.1. The van der Waals surface area contributed by atoms with Crippen molar-refractivity contribution in [3.05, 3.63) is 30.1 Å². The molecule has 0 saturated carbocycles. The monoisotopic (exact) mass is 449 g/mol. The smallest absolute Gasteiger partial charge is 0.328 e. The van der Waals surface area contributed by atoms with Crippen LogP contribution in [0.25, 0.3) is 0 Å². The van der Waals surface area contributed by atoms with E-state index in [1.165, 1.54) is 34.1 Å². The van der Waals surface area contributed by atoms with Crippen molar-refractivity contribution in [2.75, 3.05) is 13.7 Å². The average molecular weight is 450 g/mol. The summed E-state index contributed by atoms with van der Waals surface area (Å²) in [6.07, 6.45) is 4.36. The summed E-state index contributed by atoms with van der Waals surface area (Å²) in [6, 6.07) is 0.660. The molecule has 32 heavy (non-hydrogen) atoms. The van der Waals surface area contributed by atoms with Crippen molar-refractivity contribution in [3.63, 3.8) is 0 Å². The van der Waals surface area contributed by atoms with Crippen LogP contribution >= 0.6 is 0 Å². The highest BCUT2D eigenvalue weighted by molar-refractivity contribution is 5.94. The molecule has 0 aliphatic carbocycles. The predicted molar refractivity (Wildman–Crippen MR) is 115 cm³/mol. The largest absolute Gasteiger partial charge is 0.467 e. The predicted octanol–water partition coefficient (Wildman–Crippen LogP) is -0.331. The summed E-state index contributed by atoms with van der Waals surface area (Å²) in [4.78, 5) is 63.6. The third-order valence-electron chi connectivity index (χ3n) is 4.49. The van der Waals surface area contributed by atoms with E-state index in [9.17, 15) is 24.0 Å². The molecule has 0 radical (unpaired) electrons. The molecule has 11 nitrogen and oxygen atoms in total. The van der Waals surface area contributed by atoms with Gasteiger partial charge in [-0.3, -0.25) is 24.2 Å². The van der Waals surface area contributed by atoms with Crippen LogP contribution < -0.4 is 21.3 Å². The molecule has 4 amide bonds. The Morgan fingerprint density at radius 3 is 2.31 bits per heavy atom. The molecule has 0 spiro atoms. The van der Waals surface area contributed by atoms with Crippen LogP contribution in [0.5, 0.6) is 0 Å². The lowest BCUT2D eigenvalue weighted by Gasteiger charge is -2.22. The Morgan fingerprint density at radius 1 is 1.00 bits per heavy atom. The number of esters is 1. The van der Waals surface area contributed by atoms with Gasteiger partial charge in [-0.05, 0) is 45.2 Å². The van der Waals surface area contributed by atoms with Crippen molar-refractivity contribution in [2.45, 2.75) is 58.2 Å². The number of unbranched alkanes of at least 4 members (excludes halogenated alkanes) is 1. The van der Waals surface area contributed by atoms with Gasteiger partial charge < -0.3 is 26.0 Å². The minimum atomic E-state index is -0.931. The maximum Gasteiger partial charge on any atom is 0.328 e. The lowest BCUT2D eigenvalue weighted by atomic mass is 10.1. The van der Waals surface area contributed by atoms with Crippen molar-refractivity contribution < 1.29 is 28.7 Å². The number of nitrogens with zero attached hydrogens (tertiary/aromatic N) is 1. The Hall–Kier alpha value is -3.50. The summed E-state index contributed by atoms with van der Waals surface area (Å²) in [5, 5.41) is 10.3. The maximum absolute atomic E-state index is 12.6. The van der Waals surface area contributed by atoms with E-state index in [-0.39, 0.29) is 18.2 Å². The SMILES string of the molecule is COC(=O)[C@H](C)NC(=O)[C@H](CCCCNC(=O)c1cccnc1)NC(=O)[C@H](C)NC(C)=O. The second-order valence-electron chi connectivity index (χ2n) is 7.23. The van der Waals surface area contributed by atoms with E-state index < -0.39 is 35.9 Å². The fourth-order valence-corrected chi connectivity index (χ4v) is 2.76. The zero-order valence-corrected chi connectivity index (χ0v) is 18.8. The van der Waals surface area contributed by atoms with Gasteiger partial charge in [0.15, 0.2) is 0 Å². The van der Waals surface area contributed by atoms with Crippen LogP contribution in [0.1, 0.15) is 50.4 Å². The first-order valence-electron chi connectivity index (χ1n) is 10.3. The quantitative estimate of drug-likeness (QED) is 0.251. The summed E-state index contributed by atoms with van der Waals surface area (Å²) in [5.74, 6) is -2.33. The molecule has 4 N–H and O–H groups in total. The van der Waals surface area contributed by atoms with E-state index in [0.29, 0.717) is 24.9 Å². The fourth-order valence-electron chi connectivity index (χ4n) is 2.76. The molecule has 0 unspecified atom stereocenters. The lowest BCUT2D eigenvalue weighted by molar-refractivity contribution is -0.144. The Kier molecular flexibility index (Phi) is 11.4. The van der Waals surface area contributed by atoms with Gasteiger partial charge >= 0.3 is 5.97 Å². The molecule has 1 heterocycles. The average Bonchev–Trinajstić information content (AvgIpc) is 2.77. The Bertz CT molecular complexity index is 801. The number of carbonyl (C=O) groups is 5. The molecular weight excluding hydrogens is 418 g/mol. The molecule has 0 saturated heterocycles. The van der Waals surface area contributed by atoms with Gasteiger partial charge in [0.05, 0.1) is 12.7 Å². The normalized spacial score (nSPS) is 13.1. The van der Waals surface area contributed by atoms with Crippen LogP contribution in [0.15, 0.2) is 24.5 Å².